The van der Waals surface area contributed by atoms with Gasteiger partial charge in [0.05, 0.1) is 18.6 Å². The zero-order chi connectivity index (χ0) is 12.8. The minimum absolute atomic E-state index is 0.116. The van der Waals surface area contributed by atoms with E-state index in [9.17, 15) is 14.0 Å². The van der Waals surface area contributed by atoms with Gasteiger partial charge in [0.15, 0.2) is 0 Å². The zero-order valence-electron chi connectivity index (χ0n) is 9.36. The fraction of sp³-hybridized carbons (Fsp3) is 0.273. The van der Waals surface area contributed by atoms with Crippen molar-refractivity contribution in [2.45, 2.75) is 11.8 Å². The summed E-state index contributed by atoms with van der Waals surface area (Å²) in [6.07, 6.45) is 0. The lowest BCUT2D eigenvalue weighted by atomic mass is 10.3. The molecule has 0 N–H and O–H groups in total. The summed E-state index contributed by atoms with van der Waals surface area (Å²) in [6.45, 7) is 1.71. The lowest BCUT2D eigenvalue weighted by Crippen LogP contribution is -2.13. The molecule has 0 bridgehead atoms. The van der Waals surface area contributed by atoms with Gasteiger partial charge in [-0.3, -0.25) is 4.79 Å². The maximum Gasteiger partial charge on any atom is 0.386 e. The molecular weight excluding hydrogens is 247 g/mol. The van der Waals surface area contributed by atoms with E-state index in [0.29, 0.717) is 17.5 Å². The number of thioether (sulfide) groups is 1. The third-order valence-corrected chi connectivity index (χ3v) is 2.66. The number of halogens is 1. The Kier molecular flexibility index (Phi) is 4.96. The minimum Gasteiger partial charge on any atom is -0.496 e. The fourth-order valence-corrected chi connectivity index (χ4v) is 1.83. The Labute approximate surface area is 102 Å². The van der Waals surface area contributed by atoms with Crippen molar-refractivity contribution in [2.75, 3.05) is 13.7 Å². The number of benzene rings is 1. The molecule has 0 spiro atoms. The van der Waals surface area contributed by atoms with E-state index in [2.05, 4.69) is 4.74 Å². The first-order valence-electron chi connectivity index (χ1n) is 4.81. The van der Waals surface area contributed by atoms with Crippen LogP contribution < -0.4 is 4.74 Å². The molecule has 0 amide bonds. The molecule has 0 atom stereocenters. The van der Waals surface area contributed by atoms with Crippen molar-refractivity contribution < 1.29 is 23.5 Å². The number of esters is 1. The maximum absolute atomic E-state index is 13.0. The number of carbonyl (C=O) groups is 2. The van der Waals surface area contributed by atoms with E-state index in [0.717, 1.165) is 6.07 Å². The van der Waals surface area contributed by atoms with Gasteiger partial charge in [-0.05, 0) is 36.9 Å². The Morgan fingerprint density at radius 3 is 2.71 bits per heavy atom. The quantitative estimate of drug-likeness (QED) is 0.471. The van der Waals surface area contributed by atoms with Crippen molar-refractivity contribution in [3.05, 3.63) is 24.0 Å². The first-order chi connectivity index (χ1) is 8.08. The second-order valence-electron chi connectivity index (χ2n) is 2.91. The van der Waals surface area contributed by atoms with Gasteiger partial charge in [0.1, 0.15) is 11.6 Å². The summed E-state index contributed by atoms with van der Waals surface area (Å²) in [5.74, 6) is -1.14. The fourth-order valence-electron chi connectivity index (χ4n) is 1.06. The Morgan fingerprint density at radius 1 is 1.41 bits per heavy atom. The van der Waals surface area contributed by atoms with Crippen LogP contribution in [0.1, 0.15) is 6.92 Å². The van der Waals surface area contributed by atoms with Gasteiger partial charge in [-0.25, -0.2) is 9.18 Å². The van der Waals surface area contributed by atoms with Gasteiger partial charge in [0.2, 0.25) is 0 Å². The lowest BCUT2D eigenvalue weighted by molar-refractivity contribution is -0.149. The lowest BCUT2D eigenvalue weighted by Gasteiger charge is -2.06. The number of ether oxygens (including phenoxy) is 2. The van der Waals surface area contributed by atoms with E-state index < -0.39 is 16.9 Å². The predicted molar refractivity (Wildman–Crippen MR) is 60.4 cm³/mol. The molecule has 0 radical (unpaired) electrons. The molecule has 0 aliphatic carbocycles. The van der Waals surface area contributed by atoms with Crippen LogP contribution in [0.4, 0.5) is 4.39 Å². The number of methoxy groups -OCH3 is 1. The highest BCUT2D eigenvalue weighted by Crippen LogP contribution is 2.30. The molecule has 0 unspecified atom stereocenters. The molecule has 0 aliphatic rings. The molecule has 0 fully saturated rings. The first-order valence-corrected chi connectivity index (χ1v) is 5.62. The van der Waals surface area contributed by atoms with Gasteiger partial charge < -0.3 is 9.47 Å². The van der Waals surface area contributed by atoms with Crippen LogP contribution >= 0.6 is 11.8 Å². The minimum atomic E-state index is -0.955. The van der Waals surface area contributed by atoms with E-state index in [1.807, 2.05) is 0 Å². The summed E-state index contributed by atoms with van der Waals surface area (Å²) >= 11 is 0.579. The van der Waals surface area contributed by atoms with Crippen LogP contribution in [0, 0.1) is 5.82 Å². The van der Waals surface area contributed by atoms with Gasteiger partial charge in [0.25, 0.3) is 0 Å². The maximum atomic E-state index is 13.0. The number of hydrogen-bond acceptors (Lipinski definition) is 5. The molecule has 0 saturated heterocycles. The van der Waals surface area contributed by atoms with Crippen molar-refractivity contribution in [1.82, 2.24) is 0 Å². The predicted octanol–water partition coefficient (Wildman–Crippen LogP) is 2.02. The highest BCUT2D eigenvalue weighted by atomic mass is 32.2. The second-order valence-corrected chi connectivity index (χ2v) is 3.92. The number of hydrogen-bond donors (Lipinski definition) is 0. The van der Waals surface area contributed by atoms with Crippen LogP contribution in [0.15, 0.2) is 23.1 Å². The smallest absolute Gasteiger partial charge is 0.386 e. The molecular formula is C11H11FO4S. The molecule has 0 heterocycles. The molecule has 0 aromatic heterocycles. The standard InChI is InChI=1S/C11H11FO4S/c1-3-16-10(13)11(14)17-9-6-7(12)4-5-8(9)15-2/h4-6H,3H2,1-2H3. The Bertz CT molecular complexity index is 433. The third kappa shape index (κ3) is 3.74. The van der Waals surface area contributed by atoms with E-state index in [1.165, 1.54) is 19.2 Å². The van der Waals surface area contributed by atoms with Gasteiger partial charge in [-0.2, -0.15) is 0 Å². The van der Waals surface area contributed by atoms with Gasteiger partial charge in [0, 0.05) is 0 Å². The van der Waals surface area contributed by atoms with E-state index in [4.69, 9.17) is 4.74 Å². The summed E-state index contributed by atoms with van der Waals surface area (Å²) in [5.41, 5.74) is 0. The molecule has 17 heavy (non-hydrogen) atoms. The SMILES string of the molecule is CCOC(=O)C(=O)Sc1cc(F)ccc1OC. The van der Waals surface area contributed by atoms with Crippen LogP contribution in [0.2, 0.25) is 0 Å². The van der Waals surface area contributed by atoms with E-state index in [-0.39, 0.29) is 11.5 Å². The largest absolute Gasteiger partial charge is 0.496 e. The number of rotatable bonds is 3. The summed E-state index contributed by atoms with van der Waals surface area (Å²) in [4.78, 5) is 22.7. The Balaban J connectivity index is 2.83. The average molecular weight is 258 g/mol. The molecule has 0 saturated carbocycles. The monoisotopic (exact) mass is 258 g/mol. The highest BCUT2D eigenvalue weighted by Gasteiger charge is 2.19. The summed E-state index contributed by atoms with van der Waals surface area (Å²) in [6, 6.07) is 3.72. The normalized spacial score (nSPS) is 9.82. The zero-order valence-corrected chi connectivity index (χ0v) is 10.2. The highest BCUT2D eigenvalue weighted by molar-refractivity contribution is 8.15. The third-order valence-electron chi connectivity index (χ3n) is 1.77. The van der Waals surface area contributed by atoms with Gasteiger partial charge >= 0.3 is 11.1 Å². The second kappa shape index (κ2) is 6.24. The van der Waals surface area contributed by atoms with Gasteiger partial charge in [-0.15, -0.1) is 0 Å². The van der Waals surface area contributed by atoms with Crippen LogP contribution in [0.25, 0.3) is 0 Å². The summed E-state index contributed by atoms with van der Waals surface area (Å²) in [7, 11) is 1.39. The van der Waals surface area contributed by atoms with E-state index >= 15 is 0 Å². The molecule has 92 valence electrons. The van der Waals surface area contributed by atoms with Crippen molar-refractivity contribution in [2.24, 2.45) is 0 Å². The van der Waals surface area contributed by atoms with Crippen LogP contribution in [-0.4, -0.2) is 24.8 Å². The average Bonchev–Trinajstić information content (AvgIpc) is 2.29. The van der Waals surface area contributed by atoms with Crippen LogP contribution in [0.3, 0.4) is 0 Å². The van der Waals surface area contributed by atoms with Crippen LogP contribution in [0.5, 0.6) is 5.75 Å². The molecule has 6 heteroatoms. The molecule has 0 aliphatic heterocycles. The Hall–Kier alpha value is -1.56. The van der Waals surface area contributed by atoms with Crippen molar-refractivity contribution in [3.63, 3.8) is 0 Å². The van der Waals surface area contributed by atoms with Crippen molar-refractivity contribution in [1.29, 1.82) is 0 Å². The summed E-state index contributed by atoms with van der Waals surface area (Å²) < 4.78 is 22.5. The van der Waals surface area contributed by atoms with Crippen molar-refractivity contribution in [3.8, 4) is 5.75 Å². The van der Waals surface area contributed by atoms with Crippen LogP contribution in [-0.2, 0) is 14.3 Å². The first kappa shape index (κ1) is 13.5. The Morgan fingerprint density at radius 2 is 2.12 bits per heavy atom. The van der Waals surface area contributed by atoms with E-state index in [1.54, 1.807) is 6.92 Å². The van der Waals surface area contributed by atoms with Gasteiger partial charge in [-0.1, -0.05) is 0 Å². The molecule has 4 nitrogen and oxygen atoms in total. The number of carbonyl (C=O) groups excluding carboxylic acids is 2. The molecule has 1 aromatic rings. The molecule has 1 aromatic carbocycles. The summed E-state index contributed by atoms with van der Waals surface area (Å²) in [5, 5.41) is -0.809. The van der Waals surface area contributed by atoms with Crippen molar-refractivity contribution >= 4 is 22.8 Å². The molecule has 1 rings (SSSR count). The topological polar surface area (TPSA) is 52.6 Å².